The number of carbonyl (C=O) groups is 1. The Morgan fingerprint density at radius 1 is 1.47 bits per heavy atom. The highest BCUT2D eigenvalue weighted by atomic mass is 16.1. The summed E-state index contributed by atoms with van der Waals surface area (Å²) >= 11 is 0. The Balaban J connectivity index is 2.80. The van der Waals surface area contributed by atoms with Crippen molar-refractivity contribution in [1.82, 2.24) is 0 Å². The number of para-hydroxylation sites is 1. The Hall–Kier alpha value is -1.82. The zero-order chi connectivity index (χ0) is 12.8. The predicted molar refractivity (Wildman–Crippen MR) is 68.9 cm³/mol. The average Bonchev–Trinajstić information content (AvgIpc) is 2.37. The number of benzene rings is 1. The summed E-state index contributed by atoms with van der Waals surface area (Å²) in [6.45, 7) is 4.30. The summed E-state index contributed by atoms with van der Waals surface area (Å²) in [7, 11) is 1.84. The van der Waals surface area contributed by atoms with Crippen molar-refractivity contribution in [2.24, 2.45) is 5.92 Å². The molecule has 1 atom stereocenters. The maximum Gasteiger partial charge on any atom is 0.154 e. The maximum absolute atomic E-state index is 11.8. The molecule has 0 aliphatic rings. The van der Waals surface area contributed by atoms with Crippen LogP contribution in [-0.2, 0) is 4.79 Å². The Bertz CT molecular complexity index is 434. The molecule has 0 spiro atoms. The van der Waals surface area contributed by atoms with Crippen LogP contribution in [0.3, 0.4) is 0 Å². The van der Waals surface area contributed by atoms with Crippen molar-refractivity contribution in [2.45, 2.75) is 20.3 Å². The summed E-state index contributed by atoms with van der Waals surface area (Å²) in [5.41, 5.74) is 1.42. The van der Waals surface area contributed by atoms with E-state index in [1.165, 1.54) is 0 Å². The minimum Gasteiger partial charge on any atom is -0.366 e. The largest absolute Gasteiger partial charge is 0.366 e. The fraction of sp³-hybridized carbons (Fsp3) is 0.429. The van der Waals surface area contributed by atoms with Crippen molar-refractivity contribution in [2.75, 3.05) is 18.5 Å². The summed E-state index contributed by atoms with van der Waals surface area (Å²) in [4.78, 5) is 13.7. The van der Waals surface area contributed by atoms with E-state index in [1.54, 1.807) is 6.07 Å². The lowest BCUT2D eigenvalue weighted by Crippen LogP contribution is -2.29. The number of hydrogen-bond acceptors (Lipinski definition) is 3. The van der Waals surface area contributed by atoms with Crippen LogP contribution in [0, 0.1) is 17.2 Å². The van der Waals surface area contributed by atoms with Crippen molar-refractivity contribution < 1.29 is 4.79 Å². The van der Waals surface area contributed by atoms with Gasteiger partial charge < -0.3 is 4.90 Å². The lowest BCUT2D eigenvalue weighted by molar-refractivity contribution is -0.121. The summed E-state index contributed by atoms with van der Waals surface area (Å²) in [5, 5.41) is 9.00. The zero-order valence-corrected chi connectivity index (χ0v) is 10.6. The Kier molecular flexibility index (Phi) is 4.71. The van der Waals surface area contributed by atoms with E-state index in [4.69, 9.17) is 5.26 Å². The van der Waals surface area contributed by atoms with Crippen LogP contribution in [0.4, 0.5) is 5.69 Å². The van der Waals surface area contributed by atoms with Crippen LogP contribution in [-0.4, -0.2) is 19.4 Å². The first kappa shape index (κ1) is 13.2. The van der Waals surface area contributed by atoms with E-state index in [0.29, 0.717) is 12.1 Å². The van der Waals surface area contributed by atoms with Crippen LogP contribution in [0.2, 0.25) is 0 Å². The van der Waals surface area contributed by atoms with Gasteiger partial charge in [0.15, 0.2) is 5.78 Å². The first-order valence-electron chi connectivity index (χ1n) is 5.83. The molecular formula is C14H18N2O. The van der Waals surface area contributed by atoms with Gasteiger partial charge in [0.1, 0.15) is 6.07 Å². The summed E-state index contributed by atoms with van der Waals surface area (Å²) in [6, 6.07) is 9.47. The Labute approximate surface area is 103 Å². The SMILES string of the molecule is CCC(C)C(=O)CN(C)c1ccccc1C#N. The van der Waals surface area contributed by atoms with Crippen molar-refractivity contribution in [3.8, 4) is 6.07 Å². The lowest BCUT2D eigenvalue weighted by atomic mass is 10.0. The molecule has 0 amide bonds. The number of likely N-dealkylation sites (N-methyl/N-ethyl adjacent to an activating group) is 1. The number of anilines is 1. The number of nitrogens with zero attached hydrogens (tertiary/aromatic N) is 2. The van der Waals surface area contributed by atoms with E-state index in [1.807, 2.05) is 44.0 Å². The van der Waals surface area contributed by atoms with Gasteiger partial charge >= 0.3 is 0 Å². The fourth-order valence-corrected chi connectivity index (χ4v) is 1.60. The van der Waals surface area contributed by atoms with Crippen LogP contribution >= 0.6 is 0 Å². The molecule has 1 unspecified atom stereocenters. The molecule has 0 N–H and O–H groups in total. The second-order valence-electron chi connectivity index (χ2n) is 4.26. The van der Waals surface area contributed by atoms with Crippen molar-refractivity contribution in [1.29, 1.82) is 5.26 Å². The lowest BCUT2D eigenvalue weighted by Gasteiger charge is -2.21. The van der Waals surface area contributed by atoms with Gasteiger partial charge in [-0.25, -0.2) is 0 Å². The smallest absolute Gasteiger partial charge is 0.154 e. The molecule has 0 radical (unpaired) electrons. The second-order valence-corrected chi connectivity index (χ2v) is 4.26. The quantitative estimate of drug-likeness (QED) is 0.781. The van der Waals surface area contributed by atoms with Gasteiger partial charge in [0.2, 0.25) is 0 Å². The van der Waals surface area contributed by atoms with E-state index in [9.17, 15) is 4.79 Å². The molecule has 0 heterocycles. The fourth-order valence-electron chi connectivity index (χ4n) is 1.60. The molecular weight excluding hydrogens is 212 g/mol. The third-order valence-corrected chi connectivity index (χ3v) is 2.99. The molecule has 0 aromatic heterocycles. The van der Waals surface area contributed by atoms with Crippen LogP contribution in [0.15, 0.2) is 24.3 Å². The highest BCUT2D eigenvalue weighted by Gasteiger charge is 2.15. The third kappa shape index (κ3) is 3.32. The number of hydrogen-bond donors (Lipinski definition) is 0. The molecule has 17 heavy (non-hydrogen) atoms. The van der Waals surface area contributed by atoms with Gasteiger partial charge in [0, 0.05) is 13.0 Å². The van der Waals surface area contributed by atoms with Gasteiger partial charge in [-0.2, -0.15) is 5.26 Å². The van der Waals surface area contributed by atoms with Gasteiger partial charge in [-0.15, -0.1) is 0 Å². The molecule has 0 bridgehead atoms. The molecule has 0 aliphatic heterocycles. The first-order chi connectivity index (χ1) is 8.10. The third-order valence-electron chi connectivity index (χ3n) is 2.99. The van der Waals surface area contributed by atoms with Crippen LogP contribution in [0.1, 0.15) is 25.8 Å². The molecule has 1 aromatic rings. The van der Waals surface area contributed by atoms with Crippen LogP contribution in [0.5, 0.6) is 0 Å². The maximum atomic E-state index is 11.8. The van der Waals surface area contributed by atoms with Crippen molar-refractivity contribution in [3.63, 3.8) is 0 Å². The molecule has 90 valence electrons. The number of nitriles is 1. The van der Waals surface area contributed by atoms with Gasteiger partial charge in [-0.1, -0.05) is 26.0 Å². The van der Waals surface area contributed by atoms with E-state index in [-0.39, 0.29) is 11.7 Å². The van der Waals surface area contributed by atoms with E-state index >= 15 is 0 Å². The highest BCUT2D eigenvalue weighted by Crippen LogP contribution is 2.18. The summed E-state index contributed by atoms with van der Waals surface area (Å²) in [5.74, 6) is 0.287. The number of rotatable bonds is 5. The minimum absolute atomic E-state index is 0.0756. The minimum atomic E-state index is 0.0756. The normalized spacial score (nSPS) is 11.6. The molecule has 0 saturated heterocycles. The standard InChI is InChI=1S/C14H18N2O/c1-4-11(2)14(17)10-16(3)13-8-6-5-7-12(13)9-15/h5-8,11H,4,10H2,1-3H3. The Morgan fingerprint density at radius 3 is 2.71 bits per heavy atom. The van der Waals surface area contributed by atoms with Crippen molar-refractivity contribution in [3.05, 3.63) is 29.8 Å². The molecule has 3 nitrogen and oxygen atoms in total. The molecule has 0 saturated carbocycles. The van der Waals surface area contributed by atoms with Gasteiger partial charge in [0.05, 0.1) is 17.8 Å². The zero-order valence-electron chi connectivity index (χ0n) is 10.6. The van der Waals surface area contributed by atoms with Crippen molar-refractivity contribution >= 4 is 11.5 Å². The second kappa shape index (κ2) is 6.05. The average molecular weight is 230 g/mol. The number of ketones is 1. The molecule has 0 aliphatic carbocycles. The predicted octanol–water partition coefficient (Wildman–Crippen LogP) is 2.61. The monoisotopic (exact) mass is 230 g/mol. The number of carbonyl (C=O) groups excluding carboxylic acids is 1. The highest BCUT2D eigenvalue weighted by molar-refractivity contribution is 5.85. The van der Waals surface area contributed by atoms with Gasteiger partial charge in [0.25, 0.3) is 0 Å². The van der Waals surface area contributed by atoms with Crippen LogP contribution < -0.4 is 4.90 Å². The van der Waals surface area contributed by atoms with E-state index in [0.717, 1.165) is 12.1 Å². The summed E-state index contributed by atoms with van der Waals surface area (Å²) in [6.07, 6.45) is 0.854. The number of Topliss-reactive ketones (excluding diaryl/α,β-unsaturated/α-hetero) is 1. The van der Waals surface area contributed by atoms with Gasteiger partial charge in [-0.05, 0) is 18.6 Å². The summed E-state index contributed by atoms with van der Waals surface area (Å²) < 4.78 is 0. The Morgan fingerprint density at radius 2 is 2.12 bits per heavy atom. The first-order valence-corrected chi connectivity index (χ1v) is 5.83. The molecule has 0 fully saturated rings. The van der Waals surface area contributed by atoms with Crippen LogP contribution in [0.25, 0.3) is 0 Å². The molecule has 3 heteroatoms. The molecule has 1 aromatic carbocycles. The van der Waals surface area contributed by atoms with E-state index in [2.05, 4.69) is 6.07 Å². The van der Waals surface area contributed by atoms with Gasteiger partial charge in [-0.3, -0.25) is 4.79 Å². The molecule has 1 rings (SSSR count). The van der Waals surface area contributed by atoms with E-state index < -0.39 is 0 Å². The topological polar surface area (TPSA) is 44.1 Å².